The van der Waals surface area contributed by atoms with Gasteiger partial charge in [0.05, 0.1) is 0 Å². The normalized spacial score (nSPS) is 23.4. The maximum absolute atomic E-state index is 12.2. The van der Waals surface area contributed by atoms with Crippen molar-refractivity contribution in [2.75, 3.05) is 0 Å². The molecule has 0 radical (unpaired) electrons. The van der Waals surface area contributed by atoms with Gasteiger partial charge in [-0.2, -0.15) is 0 Å². The second-order valence-corrected chi connectivity index (χ2v) is 5.50. The van der Waals surface area contributed by atoms with Crippen LogP contribution in [0, 0.1) is 5.92 Å². The minimum absolute atomic E-state index is 0.00569. The van der Waals surface area contributed by atoms with E-state index in [0.717, 1.165) is 31.6 Å². The van der Waals surface area contributed by atoms with E-state index in [2.05, 4.69) is 17.4 Å². The van der Waals surface area contributed by atoms with Crippen LogP contribution in [-0.4, -0.2) is 23.0 Å². The van der Waals surface area contributed by atoms with Gasteiger partial charge < -0.3 is 16.3 Å². The molecule has 2 rings (SSSR count). The first kappa shape index (κ1) is 14.4. The number of hydrogen-bond acceptors (Lipinski definition) is 3. The number of amidine groups is 1. The molecule has 0 spiro atoms. The van der Waals surface area contributed by atoms with Gasteiger partial charge in [-0.25, -0.2) is 0 Å². The minimum Gasteiger partial charge on any atom is -0.409 e. The molecule has 0 unspecified atom stereocenters. The van der Waals surface area contributed by atoms with Crippen molar-refractivity contribution in [3.05, 3.63) is 35.4 Å². The predicted octanol–water partition coefficient (Wildman–Crippen LogP) is 2.09. The third kappa shape index (κ3) is 3.50. The summed E-state index contributed by atoms with van der Waals surface area (Å²) in [6.07, 6.45) is 4.39. The molecule has 1 aromatic rings. The summed E-state index contributed by atoms with van der Waals surface area (Å²) in [5.74, 6) is 0.662. The van der Waals surface area contributed by atoms with Gasteiger partial charge in [0.2, 0.25) is 0 Å². The number of nitrogens with zero attached hydrogens (tertiary/aromatic N) is 1. The van der Waals surface area contributed by atoms with E-state index in [1.165, 1.54) is 0 Å². The Bertz CT molecular complexity index is 506. The average molecular weight is 275 g/mol. The van der Waals surface area contributed by atoms with Gasteiger partial charge in [-0.3, -0.25) is 4.79 Å². The second kappa shape index (κ2) is 6.41. The lowest BCUT2D eigenvalue weighted by Crippen LogP contribution is -2.37. The highest BCUT2D eigenvalue weighted by atomic mass is 16.4. The van der Waals surface area contributed by atoms with E-state index in [1.807, 2.05) is 0 Å². The van der Waals surface area contributed by atoms with E-state index in [0.29, 0.717) is 11.1 Å². The Balaban J connectivity index is 2.02. The number of nitrogens with two attached hydrogens (primary N) is 1. The molecule has 5 heteroatoms. The van der Waals surface area contributed by atoms with Crippen molar-refractivity contribution < 1.29 is 10.0 Å². The predicted molar refractivity (Wildman–Crippen MR) is 77.8 cm³/mol. The van der Waals surface area contributed by atoms with Gasteiger partial charge in [0.25, 0.3) is 5.91 Å². The van der Waals surface area contributed by atoms with E-state index in [1.54, 1.807) is 24.3 Å². The molecule has 5 nitrogen and oxygen atoms in total. The molecule has 1 aliphatic carbocycles. The Morgan fingerprint density at radius 3 is 2.60 bits per heavy atom. The van der Waals surface area contributed by atoms with Gasteiger partial charge in [0, 0.05) is 17.2 Å². The lowest BCUT2D eigenvalue weighted by atomic mass is 9.87. The highest BCUT2D eigenvalue weighted by Gasteiger charge is 2.20. The van der Waals surface area contributed by atoms with Crippen molar-refractivity contribution in [2.45, 2.75) is 38.6 Å². The summed E-state index contributed by atoms with van der Waals surface area (Å²) in [5.41, 5.74) is 6.61. The lowest BCUT2D eigenvalue weighted by Gasteiger charge is -2.26. The van der Waals surface area contributed by atoms with E-state index in [9.17, 15) is 4.79 Å². The fourth-order valence-corrected chi connectivity index (χ4v) is 2.55. The maximum Gasteiger partial charge on any atom is 0.251 e. The number of oxime groups is 1. The molecular weight excluding hydrogens is 254 g/mol. The Hall–Kier alpha value is -2.04. The van der Waals surface area contributed by atoms with E-state index >= 15 is 0 Å². The third-order valence-corrected chi connectivity index (χ3v) is 3.88. The molecule has 0 atom stereocenters. The quantitative estimate of drug-likeness (QED) is 0.341. The van der Waals surface area contributed by atoms with Gasteiger partial charge in [-0.1, -0.05) is 24.2 Å². The van der Waals surface area contributed by atoms with Gasteiger partial charge in [-0.05, 0) is 43.7 Å². The van der Waals surface area contributed by atoms with Crippen LogP contribution in [0.3, 0.4) is 0 Å². The number of hydrogen-bond donors (Lipinski definition) is 3. The Morgan fingerprint density at radius 2 is 1.95 bits per heavy atom. The fraction of sp³-hybridized carbons (Fsp3) is 0.467. The first-order valence-electron chi connectivity index (χ1n) is 6.99. The zero-order chi connectivity index (χ0) is 14.5. The Labute approximate surface area is 118 Å². The number of amides is 1. The molecule has 1 amide bonds. The molecule has 108 valence electrons. The summed E-state index contributed by atoms with van der Waals surface area (Å²) in [6.45, 7) is 2.25. The summed E-state index contributed by atoms with van der Waals surface area (Å²) >= 11 is 0. The van der Waals surface area contributed by atoms with Crippen molar-refractivity contribution in [1.29, 1.82) is 0 Å². The van der Waals surface area contributed by atoms with Crippen LogP contribution in [-0.2, 0) is 0 Å². The van der Waals surface area contributed by atoms with E-state index in [4.69, 9.17) is 10.9 Å². The van der Waals surface area contributed by atoms with Crippen LogP contribution in [0.5, 0.6) is 0 Å². The number of rotatable bonds is 3. The van der Waals surface area contributed by atoms with Crippen molar-refractivity contribution in [3.8, 4) is 0 Å². The van der Waals surface area contributed by atoms with Gasteiger partial charge >= 0.3 is 0 Å². The molecule has 0 bridgehead atoms. The van der Waals surface area contributed by atoms with Crippen molar-refractivity contribution in [2.24, 2.45) is 16.8 Å². The highest BCUT2D eigenvalue weighted by Crippen LogP contribution is 2.23. The SMILES string of the molecule is CC1CCC(NC(=O)c2cccc(/C(N)=N/O)c2)CC1. The van der Waals surface area contributed by atoms with Crippen molar-refractivity contribution in [3.63, 3.8) is 0 Å². The van der Waals surface area contributed by atoms with E-state index < -0.39 is 0 Å². The highest BCUT2D eigenvalue weighted by molar-refractivity contribution is 6.01. The van der Waals surface area contributed by atoms with Crippen LogP contribution in [0.25, 0.3) is 0 Å². The molecule has 4 N–H and O–H groups in total. The standard InChI is InChI=1S/C15H21N3O2/c1-10-5-7-13(8-6-10)17-15(19)12-4-2-3-11(9-12)14(16)18-20/h2-4,9-10,13,20H,5-8H2,1H3,(H2,16,18)(H,17,19). The lowest BCUT2D eigenvalue weighted by molar-refractivity contribution is 0.0923. The van der Waals surface area contributed by atoms with Crippen LogP contribution in [0.15, 0.2) is 29.4 Å². The number of carbonyl (C=O) groups excluding carboxylic acids is 1. The van der Waals surface area contributed by atoms with Crippen LogP contribution in [0.4, 0.5) is 0 Å². The first-order chi connectivity index (χ1) is 9.60. The molecule has 20 heavy (non-hydrogen) atoms. The number of benzene rings is 1. The second-order valence-electron chi connectivity index (χ2n) is 5.50. The molecule has 0 saturated heterocycles. The minimum atomic E-state index is -0.0999. The largest absolute Gasteiger partial charge is 0.409 e. The molecule has 0 aliphatic heterocycles. The fourth-order valence-electron chi connectivity index (χ4n) is 2.55. The zero-order valence-electron chi connectivity index (χ0n) is 11.7. The average Bonchev–Trinajstić information content (AvgIpc) is 2.49. The summed E-state index contributed by atoms with van der Waals surface area (Å²) in [6, 6.07) is 7.05. The van der Waals surface area contributed by atoms with Crippen molar-refractivity contribution >= 4 is 11.7 Å². The summed E-state index contributed by atoms with van der Waals surface area (Å²) < 4.78 is 0. The summed E-state index contributed by atoms with van der Waals surface area (Å²) in [5, 5.41) is 14.7. The molecule has 0 aromatic heterocycles. The van der Waals surface area contributed by atoms with Gasteiger partial charge in [-0.15, -0.1) is 0 Å². The molecular formula is C15H21N3O2. The smallest absolute Gasteiger partial charge is 0.251 e. The molecule has 0 heterocycles. The van der Waals surface area contributed by atoms with Crippen LogP contribution >= 0.6 is 0 Å². The molecule has 1 fully saturated rings. The maximum atomic E-state index is 12.2. The third-order valence-electron chi connectivity index (χ3n) is 3.88. The number of carbonyl (C=O) groups is 1. The topological polar surface area (TPSA) is 87.7 Å². The molecule has 1 aliphatic rings. The monoisotopic (exact) mass is 275 g/mol. The Kier molecular flexibility index (Phi) is 4.61. The van der Waals surface area contributed by atoms with E-state index in [-0.39, 0.29) is 17.8 Å². The van der Waals surface area contributed by atoms with Gasteiger partial charge in [0.1, 0.15) is 0 Å². The first-order valence-corrected chi connectivity index (χ1v) is 6.99. The number of nitrogens with one attached hydrogen (secondary N) is 1. The van der Waals surface area contributed by atoms with Crippen LogP contribution < -0.4 is 11.1 Å². The summed E-state index contributed by atoms with van der Waals surface area (Å²) in [7, 11) is 0. The van der Waals surface area contributed by atoms with Crippen LogP contribution in [0.1, 0.15) is 48.5 Å². The zero-order valence-corrected chi connectivity index (χ0v) is 11.7. The van der Waals surface area contributed by atoms with Crippen molar-refractivity contribution in [1.82, 2.24) is 5.32 Å². The molecule has 1 saturated carbocycles. The molecule has 1 aromatic carbocycles. The van der Waals surface area contributed by atoms with Crippen LogP contribution in [0.2, 0.25) is 0 Å². The summed E-state index contributed by atoms with van der Waals surface area (Å²) in [4.78, 5) is 12.2. The van der Waals surface area contributed by atoms with Gasteiger partial charge in [0.15, 0.2) is 5.84 Å². The Morgan fingerprint density at radius 1 is 1.30 bits per heavy atom.